The van der Waals surface area contributed by atoms with Gasteiger partial charge in [0.05, 0.1) is 11.4 Å². The van der Waals surface area contributed by atoms with E-state index in [1.54, 1.807) is 30.3 Å². The van der Waals surface area contributed by atoms with Crippen LogP contribution in [0.3, 0.4) is 0 Å². The topological polar surface area (TPSA) is 104 Å². The van der Waals surface area contributed by atoms with Crippen molar-refractivity contribution in [3.05, 3.63) is 82.7 Å². The Kier molecular flexibility index (Phi) is 6.53. The summed E-state index contributed by atoms with van der Waals surface area (Å²) in [7, 11) is 0. The Labute approximate surface area is 169 Å². The van der Waals surface area contributed by atoms with Gasteiger partial charge in [0.15, 0.2) is 5.78 Å². The zero-order chi connectivity index (χ0) is 21.5. The van der Waals surface area contributed by atoms with Gasteiger partial charge in [0.1, 0.15) is 18.2 Å². The molecule has 0 unspecified atom stereocenters. The minimum atomic E-state index is -0.290. The summed E-state index contributed by atoms with van der Waals surface area (Å²) < 4.78 is 30.4. The van der Waals surface area contributed by atoms with Crippen molar-refractivity contribution in [3.63, 3.8) is 0 Å². The fraction of sp³-hybridized carbons (Fsp3) is 0.0952. The second-order valence-electron chi connectivity index (χ2n) is 6.30. The van der Waals surface area contributed by atoms with Crippen molar-refractivity contribution < 1.29 is 18.3 Å². The van der Waals surface area contributed by atoms with E-state index in [1.165, 1.54) is 37.3 Å². The Balaban J connectivity index is 0.000000177. The average Bonchev–Trinajstić information content (AvgIpc) is 3.37. The highest BCUT2D eigenvalue weighted by Crippen LogP contribution is 2.21. The van der Waals surface area contributed by atoms with Gasteiger partial charge in [-0.15, -0.1) is 5.10 Å². The molecule has 0 spiro atoms. The number of carbonyl (C=O) groups is 1. The normalized spacial score (nSPS) is 10.2. The Hall–Kier alpha value is -4.01. The van der Waals surface area contributed by atoms with Crippen LogP contribution in [0.25, 0.3) is 22.5 Å². The van der Waals surface area contributed by atoms with Gasteiger partial charge in [-0.25, -0.2) is 8.78 Å². The number of nitrogens with one attached hydrogen (secondary N) is 3. The first kappa shape index (κ1) is 20.7. The van der Waals surface area contributed by atoms with E-state index in [0.29, 0.717) is 17.3 Å². The number of rotatable bonds is 5. The van der Waals surface area contributed by atoms with Crippen LogP contribution in [0.2, 0.25) is 0 Å². The Morgan fingerprint density at radius 3 is 1.97 bits per heavy atom. The van der Waals surface area contributed by atoms with Crippen LogP contribution in [0, 0.1) is 11.6 Å². The second kappa shape index (κ2) is 9.46. The molecule has 4 aromatic rings. The lowest BCUT2D eigenvalue weighted by Crippen LogP contribution is -2.06. The highest BCUT2D eigenvalue weighted by molar-refractivity contribution is 5.77. The van der Waals surface area contributed by atoms with Gasteiger partial charge in [-0.2, -0.15) is 0 Å². The third-order valence-electron chi connectivity index (χ3n) is 3.88. The van der Waals surface area contributed by atoms with Gasteiger partial charge < -0.3 is 4.74 Å². The molecule has 0 aliphatic rings. The van der Waals surface area contributed by atoms with Crippen LogP contribution < -0.4 is 10.3 Å². The van der Waals surface area contributed by atoms with Crippen LogP contribution in [-0.4, -0.2) is 32.8 Å². The number of H-pyrrole nitrogens is 3. The number of benzene rings is 2. The van der Waals surface area contributed by atoms with Crippen LogP contribution >= 0.6 is 0 Å². The van der Waals surface area contributed by atoms with E-state index in [-0.39, 0.29) is 29.6 Å². The van der Waals surface area contributed by atoms with Gasteiger partial charge in [0.25, 0.3) is 5.56 Å². The molecular formula is C21H18F2N4O3. The van der Waals surface area contributed by atoms with Crippen molar-refractivity contribution in [3.8, 4) is 28.4 Å². The summed E-state index contributed by atoms with van der Waals surface area (Å²) >= 11 is 0. The van der Waals surface area contributed by atoms with Crippen LogP contribution in [0.5, 0.6) is 5.88 Å². The summed E-state index contributed by atoms with van der Waals surface area (Å²) in [5, 5.41) is 11.7. The maximum atomic E-state index is 12.7. The first-order valence-electron chi connectivity index (χ1n) is 8.88. The fourth-order valence-corrected chi connectivity index (χ4v) is 2.45. The summed E-state index contributed by atoms with van der Waals surface area (Å²) in [5.41, 5.74) is 2.75. The minimum Gasteiger partial charge on any atom is -0.469 e. The molecule has 0 atom stereocenters. The third kappa shape index (κ3) is 5.74. The zero-order valence-corrected chi connectivity index (χ0v) is 15.9. The van der Waals surface area contributed by atoms with Crippen LogP contribution in [0.1, 0.15) is 6.92 Å². The molecule has 2 aromatic carbocycles. The lowest BCUT2D eigenvalue weighted by Gasteiger charge is -1.97. The molecule has 2 aromatic heterocycles. The van der Waals surface area contributed by atoms with Crippen LogP contribution in [0.15, 0.2) is 65.5 Å². The third-order valence-corrected chi connectivity index (χ3v) is 3.88. The highest BCUT2D eigenvalue weighted by Gasteiger charge is 2.05. The predicted octanol–water partition coefficient (Wildman–Crippen LogP) is 3.69. The van der Waals surface area contributed by atoms with Gasteiger partial charge in [-0.3, -0.25) is 24.9 Å². The molecule has 30 heavy (non-hydrogen) atoms. The molecule has 9 heteroatoms. The molecule has 0 aliphatic carbocycles. The number of aromatic nitrogens is 4. The van der Waals surface area contributed by atoms with Crippen molar-refractivity contribution in [1.82, 2.24) is 20.4 Å². The molecule has 7 nitrogen and oxygen atoms in total. The lowest BCUT2D eigenvalue weighted by atomic mass is 10.1. The van der Waals surface area contributed by atoms with Crippen molar-refractivity contribution in [2.45, 2.75) is 6.92 Å². The van der Waals surface area contributed by atoms with E-state index in [2.05, 4.69) is 20.4 Å². The molecule has 0 saturated heterocycles. The monoisotopic (exact) mass is 412 g/mol. The molecule has 0 saturated carbocycles. The van der Waals surface area contributed by atoms with Crippen molar-refractivity contribution in [2.24, 2.45) is 0 Å². The van der Waals surface area contributed by atoms with E-state index >= 15 is 0 Å². The van der Waals surface area contributed by atoms with Crippen LogP contribution in [-0.2, 0) is 4.79 Å². The predicted molar refractivity (Wildman–Crippen MR) is 107 cm³/mol. The molecule has 0 radical (unpaired) electrons. The van der Waals surface area contributed by atoms with Gasteiger partial charge >= 0.3 is 0 Å². The van der Waals surface area contributed by atoms with Gasteiger partial charge in [0, 0.05) is 12.1 Å². The van der Waals surface area contributed by atoms with Crippen LogP contribution in [0.4, 0.5) is 8.78 Å². The summed E-state index contributed by atoms with van der Waals surface area (Å²) in [6, 6.07) is 15.0. The van der Waals surface area contributed by atoms with E-state index in [0.717, 1.165) is 11.1 Å². The fourth-order valence-electron chi connectivity index (χ4n) is 2.45. The molecule has 4 rings (SSSR count). The van der Waals surface area contributed by atoms with Gasteiger partial charge in [0.2, 0.25) is 5.88 Å². The van der Waals surface area contributed by atoms with Crippen molar-refractivity contribution >= 4 is 5.78 Å². The molecule has 154 valence electrons. The number of carbonyl (C=O) groups excluding carboxylic acids is 1. The van der Waals surface area contributed by atoms with Gasteiger partial charge in [-0.1, -0.05) is 0 Å². The second-order valence-corrected chi connectivity index (χ2v) is 6.30. The summed E-state index contributed by atoms with van der Waals surface area (Å²) in [4.78, 5) is 21.5. The largest absolute Gasteiger partial charge is 0.469 e. The number of ether oxygens (including phenoxy) is 1. The minimum absolute atomic E-state index is 0.00624. The number of ketones is 1. The number of Topliss-reactive ketones (excluding diaryl/α,β-unsaturated/α-hetero) is 1. The number of nitrogens with zero attached hydrogens (tertiary/aromatic N) is 1. The Morgan fingerprint density at radius 2 is 1.47 bits per heavy atom. The standard InChI is InChI=1S/C12H11FN2O2.C9H7FN2O/c1-8(16)7-17-12-6-11(14-15-12)9-2-4-10(13)5-3-9;10-7-3-1-6(2-4-7)8-5-9(13)12-11-8/h2-6H,7H2,1H3,(H,14,15);1-5H,(H2,11,12,13). The average molecular weight is 412 g/mol. The number of aromatic amines is 3. The summed E-state index contributed by atoms with van der Waals surface area (Å²) in [5.74, 6) is -0.307. The van der Waals surface area contributed by atoms with Crippen molar-refractivity contribution in [1.29, 1.82) is 0 Å². The molecular weight excluding hydrogens is 394 g/mol. The Bertz CT molecular complexity index is 1160. The van der Waals surface area contributed by atoms with E-state index in [4.69, 9.17) is 4.74 Å². The zero-order valence-electron chi connectivity index (χ0n) is 15.9. The first-order chi connectivity index (χ1) is 14.4. The number of hydrogen-bond acceptors (Lipinski definition) is 4. The quantitative estimate of drug-likeness (QED) is 0.465. The maximum Gasteiger partial charge on any atom is 0.264 e. The number of halogens is 2. The van der Waals surface area contributed by atoms with E-state index in [9.17, 15) is 18.4 Å². The SMILES string of the molecule is CC(=O)COc1cc(-c2ccc(F)cc2)[nH]n1.O=c1cc(-c2ccc(F)cc2)[nH][nH]1. The van der Waals surface area contributed by atoms with Gasteiger partial charge in [-0.05, 0) is 66.6 Å². The smallest absolute Gasteiger partial charge is 0.264 e. The summed E-state index contributed by atoms with van der Waals surface area (Å²) in [6.45, 7) is 1.43. The van der Waals surface area contributed by atoms with E-state index < -0.39 is 0 Å². The Morgan fingerprint density at radius 1 is 0.900 bits per heavy atom. The van der Waals surface area contributed by atoms with Crippen molar-refractivity contribution in [2.75, 3.05) is 6.61 Å². The molecule has 0 aliphatic heterocycles. The number of hydrogen-bond donors (Lipinski definition) is 3. The highest BCUT2D eigenvalue weighted by atomic mass is 19.1. The molecule has 2 heterocycles. The molecule has 0 fully saturated rings. The first-order valence-corrected chi connectivity index (χ1v) is 8.88. The maximum absolute atomic E-state index is 12.7. The molecule has 3 N–H and O–H groups in total. The van der Waals surface area contributed by atoms with E-state index in [1.807, 2.05) is 0 Å². The molecule has 0 amide bonds. The summed E-state index contributed by atoms with van der Waals surface area (Å²) in [6.07, 6.45) is 0. The lowest BCUT2D eigenvalue weighted by molar-refractivity contribution is -0.119. The molecule has 0 bridgehead atoms.